The van der Waals surface area contributed by atoms with E-state index in [1.165, 1.54) is 13.8 Å². The van der Waals surface area contributed by atoms with Gasteiger partial charge >= 0.3 is 11.9 Å². The molecular weight excluding hydrogens is 384 g/mol. The fraction of sp³-hybridized carbons (Fsp3) is 0.571. The molecule has 0 saturated carbocycles. The lowest BCUT2D eigenvalue weighted by molar-refractivity contribution is -0.133. The largest absolute Gasteiger partial charge is 0.478 e. The van der Waals surface area contributed by atoms with Crippen LogP contribution in [-0.4, -0.2) is 59.7 Å². The number of carbonyl (C=O) groups is 2. The fourth-order valence-electron chi connectivity index (χ4n) is 0.629. The number of carboxylic acid groups (broad SMARTS) is 2. The van der Waals surface area contributed by atoms with Crippen LogP contribution in [0, 0.1) is 0 Å². The molecule has 0 spiro atoms. The van der Waals surface area contributed by atoms with Crippen LogP contribution in [0.2, 0.25) is 0 Å². The summed E-state index contributed by atoms with van der Waals surface area (Å²) in [6, 6.07) is 0. The summed E-state index contributed by atoms with van der Waals surface area (Å²) in [7, 11) is 0. The van der Waals surface area contributed by atoms with Crippen molar-refractivity contribution in [3.05, 3.63) is 24.3 Å². The van der Waals surface area contributed by atoms with E-state index >= 15 is 0 Å². The van der Waals surface area contributed by atoms with Crippen LogP contribution in [-0.2, 0) is 9.59 Å². The number of aliphatic carboxylic acids is 2. The van der Waals surface area contributed by atoms with E-state index < -0.39 is 49.5 Å². The highest BCUT2D eigenvalue weighted by atomic mass is 19.3. The molecule has 26 heavy (non-hydrogen) atoms. The molecule has 12 heteroatoms. The highest BCUT2D eigenvalue weighted by molar-refractivity contribution is 5.85. The van der Waals surface area contributed by atoms with Crippen LogP contribution in [0.5, 0.6) is 0 Å². The summed E-state index contributed by atoms with van der Waals surface area (Å²) in [4.78, 5) is 19.2. The maximum Gasteiger partial charge on any atom is 0.330 e. The van der Waals surface area contributed by atoms with Crippen molar-refractivity contribution in [3.63, 3.8) is 0 Å². The van der Waals surface area contributed by atoms with E-state index in [-0.39, 0.29) is 11.1 Å². The zero-order valence-electron chi connectivity index (χ0n) is 13.6. The summed E-state index contributed by atoms with van der Waals surface area (Å²) in [5.74, 6) is -1.87. The van der Waals surface area contributed by atoms with Gasteiger partial charge in [-0.15, -0.1) is 0 Å². The van der Waals surface area contributed by atoms with Crippen molar-refractivity contribution in [1.29, 1.82) is 0 Å². The third kappa shape index (κ3) is 14.2. The second-order valence-corrected chi connectivity index (χ2v) is 4.62. The SMILES string of the molecule is C=C(C)C(=O)O.C=C(C)C(=O)O.FC(F)C(F)C(F)C(F)C(F)C(F)F. The van der Waals surface area contributed by atoms with Gasteiger partial charge in [-0.3, -0.25) is 0 Å². The molecule has 154 valence electrons. The topological polar surface area (TPSA) is 74.6 Å². The minimum absolute atomic E-state index is 0.176. The van der Waals surface area contributed by atoms with Crippen LogP contribution in [0.3, 0.4) is 0 Å². The summed E-state index contributed by atoms with van der Waals surface area (Å²) in [6.07, 6.45) is -22.2. The number of alkyl halides is 8. The third-order valence-corrected chi connectivity index (χ3v) is 2.12. The molecule has 0 saturated heterocycles. The highest BCUT2D eigenvalue weighted by Crippen LogP contribution is 2.24. The third-order valence-electron chi connectivity index (χ3n) is 2.12. The molecule has 2 N–H and O–H groups in total. The van der Waals surface area contributed by atoms with E-state index in [1.54, 1.807) is 0 Å². The summed E-state index contributed by atoms with van der Waals surface area (Å²) in [5.41, 5.74) is 0.352. The standard InChI is InChI=1S/C6H6F8.2C4H6O2/c7-1(3(9)5(11)12)2(8)4(10)6(13)14;2*1-3(2)4(5)6/h1-6H;2*1H2,2H3,(H,5,6). The highest BCUT2D eigenvalue weighted by Gasteiger charge is 2.43. The van der Waals surface area contributed by atoms with E-state index in [1.807, 2.05) is 0 Å². The maximum absolute atomic E-state index is 12.2. The maximum atomic E-state index is 12.2. The fourth-order valence-corrected chi connectivity index (χ4v) is 0.629. The van der Waals surface area contributed by atoms with Crippen LogP contribution in [0.4, 0.5) is 35.1 Å². The molecule has 0 heterocycles. The predicted octanol–water partition coefficient (Wildman–Crippen LogP) is 4.16. The quantitative estimate of drug-likeness (QED) is 0.495. The van der Waals surface area contributed by atoms with Crippen molar-refractivity contribution in [1.82, 2.24) is 0 Å². The predicted molar refractivity (Wildman–Crippen MR) is 76.5 cm³/mol. The Bertz CT molecular complexity index is 404. The normalized spacial score (nSPS) is 14.8. The van der Waals surface area contributed by atoms with E-state index in [4.69, 9.17) is 10.2 Å². The molecule has 0 aliphatic heterocycles. The van der Waals surface area contributed by atoms with Crippen molar-refractivity contribution in [2.45, 2.75) is 51.4 Å². The first kappa shape index (κ1) is 28.7. The minimum Gasteiger partial charge on any atom is -0.478 e. The molecule has 4 atom stereocenters. The molecule has 0 rings (SSSR count). The van der Waals surface area contributed by atoms with E-state index in [0.29, 0.717) is 0 Å². The Hall–Kier alpha value is -2.14. The Kier molecular flexibility index (Phi) is 15.5. The van der Waals surface area contributed by atoms with Gasteiger partial charge in [-0.1, -0.05) is 13.2 Å². The Morgan fingerprint density at radius 2 is 0.769 bits per heavy atom. The number of carboxylic acids is 2. The lowest BCUT2D eigenvalue weighted by atomic mass is 10.1. The molecule has 0 aromatic carbocycles. The van der Waals surface area contributed by atoms with Gasteiger partial charge in [-0.25, -0.2) is 44.7 Å². The molecule has 0 bridgehead atoms. The molecular formula is C14H18F8O4. The number of halogens is 8. The number of rotatable bonds is 7. The molecule has 4 unspecified atom stereocenters. The van der Waals surface area contributed by atoms with Gasteiger partial charge in [0.05, 0.1) is 0 Å². The lowest BCUT2D eigenvalue weighted by Crippen LogP contribution is -2.41. The molecule has 0 fully saturated rings. The van der Waals surface area contributed by atoms with Crippen molar-refractivity contribution < 1.29 is 54.9 Å². The molecule has 0 aliphatic rings. The lowest BCUT2D eigenvalue weighted by Gasteiger charge is -2.19. The monoisotopic (exact) mass is 402 g/mol. The van der Waals surface area contributed by atoms with Gasteiger partial charge in [0, 0.05) is 11.1 Å². The van der Waals surface area contributed by atoms with Crippen molar-refractivity contribution in [2.24, 2.45) is 0 Å². The van der Waals surface area contributed by atoms with Crippen molar-refractivity contribution >= 4 is 11.9 Å². The van der Waals surface area contributed by atoms with E-state index in [2.05, 4.69) is 13.2 Å². The smallest absolute Gasteiger partial charge is 0.330 e. The zero-order valence-corrected chi connectivity index (χ0v) is 13.6. The molecule has 0 aliphatic carbocycles. The molecule has 0 amide bonds. The summed E-state index contributed by atoms with van der Waals surface area (Å²) >= 11 is 0. The molecule has 0 aromatic rings. The van der Waals surface area contributed by atoms with Crippen molar-refractivity contribution in [3.8, 4) is 0 Å². The summed E-state index contributed by atoms with van der Waals surface area (Å²) in [5, 5.41) is 15.8. The zero-order chi connectivity index (χ0) is 21.8. The first-order valence-electron chi connectivity index (χ1n) is 6.47. The van der Waals surface area contributed by atoms with Crippen LogP contribution in [0.15, 0.2) is 24.3 Å². The second kappa shape index (κ2) is 14.1. The number of hydrogen-bond acceptors (Lipinski definition) is 2. The summed E-state index contributed by atoms with van der Waals surface area (Å²) < 4.78 is 94.2. The minimum atomic E-state index is -3.88. The second-order valence-electron chi connectivity index (χ2n) is 4.62. The average Bonchev–Trinajstić information content (AvgIpc) is 2.52. The van der Waals surface area contributed by atoms with E-state index in [0.717, 1.165) is 0 Å². The Morgan fingerprint density at radius 1 is 0.615 bits per heavy atom. The van der Waals surface area contributed by atoms with Gasteiger partial charge in [0.15, 0.2) is 24.7 Å². The van der Waals surface area contributed by atoms with Gasteiger partial charge < -0.3 is 10.2 Å². The number of hydrogen-bond donors (Lipinski definition) is 2. The van der Waals surface area contributed by atoms with E-state index in [9.17, 15) is 44.7 Å². The van der Waals surface area contributed by atoms with Gasteiger partial charge in [0.2, 0.25) is 0 Å². The molecule has 4 nitrogen and oxygen atoms in total. The van der Waals surface area contributed by atoms with Crippen molar-refractivity contribution in [2.75, 3.05) is 0 Å². The van der Waals surface area contributed by atoms with Crippen LogP contribution < -0.4 is 0 Å². The first-order chi connectivity index (χ1) is 11.6. The van der Waals surface area contributed by atoms with Crippen LogP contribution in [0.1, 0.15) is 13.8 Å². The van der Waals surface area contributed by atoms with Gasteiger partial charge in [-0.2, -0.15) is 0 Å². The van der Waals surface area contributed by atoms with Crippen LogP contribution >= 0.6 is 0 Å². The molecule has 0 aromatic heterocycles. The Balaban J connectivity index is -0.000000364. The Morgan fingerprint density at radius 3 is 0.846 bits per heavy atom. The van der Waals surface area contributed by atoms with Gasteiger partial charge in [0.1, 0.15) is 0 Å². The molecule has 0 radical (unpaired) electrons. The summed E-state index contributed by atoms with van der Waals surface area (Å²) in [6.45, 7) is 9.20. The van der Waals surface area contributed by atoms with Gasteiger partial charge in [0.25, 0.3) is 12.9 Å². The first-order valence-corrected chi connectivity index (χ1v) is 6.47. The Labute approximate surface area is 143 Å². The van der Waals surface area contributed by atoms with Crippen LogP contribution in [0.25, 0.3) is 0 Å². The van der Waals surface area contributed by atoms with Gasteiger partial charge in [-0.05, 0) is 13.8 Å². The average molecular weight is 402 g/mol.